The number of aromatic nitrogens is 2. The van der Waals surface area contributed by atoms with Gasteiger partial charge in [-0.25, -0.2) is 0 Å². The van der Waals surface area contributed by atoms with Gasteiger partial charge in [0.1, 0.15) is 5.75 Å². The van der Waals surface area contributed by atoms with E-state index in [4.69, 9.17) is 14.2 Å². The number of hydrogen-bond donors (Lipinski definition) is 1. The van der Waals surface area contributed by atoms with Gasteiger partial charge in [-0.3, -0.25) is 4.79 Å². The van der Waals surface area contributed by atoms with Crippen molar-refractivity contribution in [3.05, 3.63) is 53.1 Å². The van der Waals surface area contributed by atoms with E-state index in [9.17, 15) is 4.79 Å². The second-order valence-corrected chi connectivity index (χ2v) is 10.1. The number of likely N-dealkylation sites (N-methyl/N-ethyl adjacent to an activating group) is 1. The van der Waals surface area contributed by atoms with Gasteiger partial charge in [0.15, 0.2) is 0 Å². The van der Waals surface area contributed by atoms with E-state index >= 15 is 0 Å². The van der Waals surface area contributed by atoms with Crippen LogP contribution < -0.4 is 10.1 Å². The molecule has 8 heteroatoms. The molecule has 0 spiro atoms. The third-order valence-electron chi connectivity index (χ3n) is 7.08. The Morgan fingerprint density at radius 3 is 2.75 bits per heavy atom. The fraction of sp³-hybridized carbons (Fsp3) is 0.464. The van der Waals surface area contributed by atoms with E-state index in [2.05, 4.69) is 34.6 Å². The lowest BCUT2D eigenvalue weighted by Gasteiger charge is -2.32. The zero-order valence-corrected chi connectivity index (χ0v) is 21.6. The van der Waals surface area contributed by atoms with Crippen LogP contribution in [0.15, 0.2) is 40.9 Å². The van der Waals surface area contributed by atoms with Crippen molar-refractivity contribution in [1.82, 2.24) is 25.3 Å². The number of hydrogen-bond acceptors (Lipinski definition) is 7. The predicted octanol–water partition coefficient (Wildman–Crippen LogP) is 3.85. The largest absolute Gasteiger partial charge is 0.491 e. The summed E-state index contributed by atoms with van der Waals surface area (Å²) in [6, 6.07) is 12.3. The van der Waals surface area contributed by atoms with E-state index in [0.717, 1.165) is 61.5 Å². The van der Waals surface area contributed by atoms with E-state index in [1.165, 1.54) is 11.1 Å². The molecule has 2 aromatic carbocycles. The number of aryl methyl sites for hydroxylation is 1. The van der Waals surface area contributed by atoms with Crippen LogP contribution in [0.1, 0.15) is 43.0 Å². The molecule has 1 saturated heterocycles. The fourth-order valence-corrected chi connectivity index (χ4v) is 5.07. The van der Waals surface area contributed by atoms with Gasteiger partial charge in [-0.2, -0.15) is 4.98 Å². The monoisotopic (exact) mass is 489 g/mol. The van der Waals surface area contributed by atoms with Gasteiger partial charge >= 0.3 is 0 Å². The first-order valence-corrected chi connectivity index (χ1v) is 12.8. The summed E-state index contributed by atoms with van der Waals surface area (Å²) in [5, 5.41) is 7.80. The summed E-state index contributed by atoms with van der Waals surface area (Å²) in [4.78, 5) is 21.6. The number of carbonyl (C=O) groups excluding carboxylic acids is 1. The molecule has 0 bridgehead atoms. The topological polar surface area (TPSA) is 83.7 Å². The van der Waals surface area contributed by atoms with Crippen molar-refractivity contribution in [1.29, 1.82) is 0 Å². The highest BCUT2D eigenvalue weighted by Gasteiger charge is 2.28. The van der Waals surface area contributed by atoms with Crippen LogP contribution in [0.2, 0.25) is 0 Å². The molecule has 1 atom stereocenters. The normalized spacial score (nSPS) is 18.0. The maximum atomic E-state index is 12.7. The van der Waals surface area contributed by atoms with Crippen LogP contribution in [0.5, 0.6) is 5.75 Å². The molecule has 1 unspecified atom stereocenters. The molecule has 2 heterocycles. The van der Waals surface area contributed by atoms with Crippen molar-refractivity contribution in [3.8, 4) is 28.6 Å². The molecule has 0 saturated carbocycles. The minimum absolute atomic E-state index is 0.118. The Kier molecular flexibility index (Phi) is 7.07. The zero-order valence-electron chi connectivity index (χ0n) is 21.6. The van der Waals surface area contributed by atoms with Crippen molar-refractivity contribution in [2.24, 2.45) is 0 Å². The summed E-state index contributed by atoms with van der Waals surface area (Å²) in [5.74, 6) is 2.12. The SMILES string of the molecule is Cc1cc(-c2nc(-c3cccc4c3CCC4NCC(=O)N3CCN(C)CC3)no2)ccc1OC(C)C. The Morgan fingerprint density at radius 2 is 2.00 bits per heavy atom. The molecule has 1 fully saturated rings. The lowest BCUT2D eigenvalue weighted by molar-refractivity contribution is -0.131. The first-order valence-electron chi connectivity index (χ1n) is 12.8. The molecule has 1 amide bonds. The minimum Gasteiger partial charge on any atom is -0.491 e. The molecule has 36 heavy (non-hydrogen) atoms. The molecule has 2 aliphatic rings. The second-order valence-electron chi connectivity index (χ2n) is 10.1. The number of rotatable bonds is 7. The van der Waals surface area contributed by atoms with Crippen molar-refractivity contribution in [2.75, 3.05) is 39.8 Å². The molecule has 190 valence electrons. The second kappa shape index (κ2) is 10.4. The maximum Gasteiger partial charge on any atom is 0.258 e. The highest BCUT2D eigenvalue weighted by atomic mass is 16.5. The Morgan fingerprint density at radius 1 is 1.19 bits per heavy atom. The number of nitrogens with zero attached hydrogens (tertiary/aromatic N) is 4. The Labute approximate surface area is 212 Å². The predicted molar refractivity (Wildman–Crippen MR) is 139 cm³/mol. The van der Waals surface area contributed by atoms with Gasteiger partial charge in [-0.05, 0) is 75.5 Å². The van der Waals surface area contributed by atoms with E-state index in [1.807, 2.05) is 49.9 Å². The number of carbonyl (C=O) groups is 1. The van der Waals surface area contributed by atoms with E-state index < -0.39 is 0 Å². The number of benzene rings is 2. The van der Waals surface area contributed by atoms with Crippen LogP contribution in [-0.4, -0.2) is 71.7 Å². The van der Waals surface area contributed by atoms with Crippen molar-refractivity contribution in [3.63, 3.8) is 0 Å². The summed E-state index contributed by atoms with van der Waals surface area (Å²) < 4.78 is 11.5. The van der Waals surface area contributed by atoms with Gasteiger partial charge in [0.2, 0.25) is 11.7 Å². The van der Waals surface area contributed by atoms with Crippen LogP contribution in [-0.2, 0) is 11.2 Å². The lowest BCUT2D eigenvalue weighted by Crippen LogP contribution is -2.49. The summed E-state index contributed by atoms with van der Waals surface area (Å²) in [5.41, 5.74) is 5.34. The molecule has 3 aromatic rings. The van der Waals surface area contributed by atoms with Gasteiger partial charge in [-0.15, -0.1) is 0 Å². The third-order valence-corrected chi connectivity index (χ3v) is 7.08. The molecule has 5 rings (SSSR count). The van der Waals surface area contributed by atoms with Crippen molar-refractivity contribution in [2.45, 2.75) is 45.8 Å². The quantitative estimate of drug-likeness (QED) is 0.540. The molecular weight excluding hydrogens is 454 g/mol. The van der Waals surface area contributed by atoms with E-state index in [0.29, 0.717) is 18.3 Å². The van der Waals surface area contributed by atoms with Crippen LogP contribution in [0, 0.1) is 6.92 Å². The van der Waals surface area contributed by atoms with Gasteiger partial charge in [-0.1, -0.05) is 23.4 Å². The first-order chi connectivity index (χ1) is 17.4. The van der Waals surface area contributed by atoms with Crippen molar-refractivity contribution < 1.29 is 14.1 Å². The smallest absolute Gasteiger partial charge is 0.258 e. The fourth-order valence-electron chi connectivity index (χ4n) is 5.07. The molecule has 1 N–H and O–H groups in total. The number of piperazine rings is 1. The molecular formula is C28H35N5O3. The molecule has 1 aliphatic heterocycles. The molecule has 1 aromatic heterocycles. The lowest BCUT2D eigenvalue weighted by atomic mass is 10.0. The summed E-state index contributed by atoms with van der Waals surface area (Å²) >= 11 is 0. The molecule has 8 nitrogen and oxygen atoms in total. The summed E-state index contributed by atoms with van der Waals surface area (Å²) in [6.07, 6.45) is 1.98. The van der Waals surface area contributed by atoms with Gasteiger partial charge in [0.25, 0.3) is 5.89 Å². The van der Waals surface area contributed by atoms with Gasteiger partial charge < -0.3 is 24.4 Å². The summed E-state index contributed by atoms with van der Waals surface area (Å²) in [6.45, 7) is 9.88. The van der Waals surface area contributed by atoms with Crippen LogP contribution in [0.4, 0.5) is 0 Å². The number of nitrogens with one attached hydrogen (secondary N) is 1. The maximum absolute atomic E-state index is 12.7. The zero-order chi connectivity index (χ0) is 25.2. The van der Waals surface area contributed by atoms with Gasteiger partial charge in [0.05, 0.1) is 12.6 Å². The van der Waals surface area contributed by atoms with E-state index in [1.54, 1.807) is 0 Å². The Hall–Kier alpha value is -3.23. The van der Waals surface area contributed by atoms with Crippen LogP contribution >= 0.6 is 0 Å². The third kappa shape index (κ3) is 5.15. The molecule has 0 radical (unpaired) electrons. The summed E-state index contributed by atoms with van der Waals surface area (Å²) in [7, 11) is 2.10. The highest BCUT2D eigenvalue weighted by Crippen LogP contribution is 2.37. The average Bonchev–Trinajstić information content (AvgIpc) is 3.51. The molecule has 1 aliphatic carbocycles. The van der Waals surface area contributed by atoms with Crippen molar-refractivity contribution >= 4 is 5.91 Å². The van der Waals surface area contributed by atoms with Crippen LogP contribution in [0.25, 0.3) is 22.8 Å². The van der Waals surface area contributed by atoms with Crippen LogP contribution in [0.3, 0.4) is 0 Å². The van der Waals surface area contributed by atoms with E-state index in [-0.39, 0.29) is 18.1 Å². The minimum atomic E-state index is 0.118. The standard InChI is InChI=1S/C28H35N5O3/c1-18(2)35-25-11-8-20(16-19(25)3)28-30-27(31-36-28)23-7-5-6-22-21(23)9-10-24(22)29-17-26(34)33-14-12-32(4)13-15-33/h5-8,11,16,18,24,29H,9-10,12-15,17H2,1-4H3. The number of fused-ring (bicyclic) bond motifs is 1. The highest BCUT2D eigenvalue weighted by molar-refractivity contribution is 5.78. The Balaban J connectivity index is 1.29. The van der Waals surface area contributed by atoms with Gasteiger partial charge in [0, 0.05) is 43.3 Å². The first kappa shape index (κ1) is 24.5. The Bertz CT molecular complexity index is 1230. The number of amides is 1. The average molecular weight is 490 g/mol. The number of ether oxygens (including phenoxy) is 1.